The molecule has 0 amide bonds. The average molecular weight is 274 g/mol. The largest absolute Gasteiger partial charge is 0.0890 e. The Bertz CT molecular complexity index is 335. The molecule has 1 fully saturated rings. The minimum absolute atomic E-state index is 0.659. The number of hydrogen-bond donors (Lipinski definition) is 0. The second kappa shape index (κ2) is 4.24. The standard InChI is InChI=1S/C12H14BrCl/c1-8-2-5-12(14)11(6-8)9-3-4-10(13)7-9/h2,5-6,9-10H,3-4,7H2,1H3. The minimum atomic E-state index is 0.659. The Morgan fingerprint density at radius 2 is 2.14 bits per heavy atom. The Hall–Kier alpha value is -0.0100. The monoisotopic (exact) mass is 272 g/mol. The van der Waals surface area contributed by atoms with Gasteiger partial charge in [-0.2, -0.15) is 0 Å². The van der Waals surface area contributed by atoms with Crippen LogP contribution in [0.1, 0.15) is 36.3 Å². The third kappa shape index (κ3) is 2.14. The summed E-state index contributed by atoms with van der Waals surface area (Å²) in [6, 6.07) is 6.33. The first-order valence-corrected chi connectivity index (χ1v) is 6.36. The van der Waals surface area contributed by atoms with Gasteiger partial charge in [0.1, 0.15) is 0 Å². The van der Waals surface area contributed by atoms with Crippen LogP contribution in [0.15, 0.2) is 18.2 Å². The van der Waals surface area contributed by atoms with Crippen LogP contribution >= 0.6 is 27.5 Å². The molecule has 0 radical (unpaired) electrons. The summed E-state index contributed by atoms with van der Waals surface area (Å²) in [5, 5.41) is 0.933. The van der Waals surface area contributed by atoms with E-state index in [0.717, 1.165) is 5.02 Å². The molecule has 1 aromatic carbocycles. The van der Waals surface area contributed by atoms with Crippen LogP contribution in [-0.4, -0.2) is 4.83 Å². The van der Waals surface area contributed by atoms with Gasteiger partial charge in [0.2, 0.25) is 0 Å². The summed E-state index contributed by atoms with van der Waals surface area (Å²) in [5.41, 5.74) is 2.65. The van der Waals surface area contributed by atoms with Gasteiger partial charge in [0.05, 0.1) is 0 Å². The van der Waals surface area contributed by atoms with Crippen molar-refractivity contribution < 1.29 is 0 Å². The van der Waals surface area contributed by atoms with Crippen LogP contribution < -0.4 is 0 Å². The lowest BCUT2D eigenvalue weighted by molar-refractivity contribution is 0.725. The molecule has 0 saturated heterocycles. The van der Waals surface area contributed by atoms with Crippen molar-refractivity contribution in [1.82, 2.24) is 0 Å². The molecule has 0 heterocycles. The van der Waals surface area contributed by atoms with E-state index in [2.05, 4.69) is 35.0 Å². The van der Waals surface area contributed by atoms with E-state index >= 15 is 0 Å². The predicted molar refractivity (Wildman–Crippen MR) is 65.5 cm³/mol. The van der Waals surface area contributed by atoms with Gasteiger partial charge in [-0.05, 0) is 43.7 Å². The maximum Gasteiger partial charge on any atom is 0.0441 e. The summed E-state index contributed by atoms with van der Waals surface area (Å²) in [4.78, 5) is 0.684. The first kappa shape index (κ1) is 10.5. The van der Waals surface area contributed by atoms with E-state index in [-0.39, 0.29) is 0 Å². The Kier molecular flexibility index (Phi) is 3.18. The van der Waals surface area contributed by atoms with Crippen LogP contribution in [0, 0.1) is 6.92 Å². The van der Waals surface area contributed by atoms with E-state index in [4.69, 9.17) is 11.6 Å². The second-order valence-electron chi connectivity index (χ2n) is 4.13. The molecule has 0 aromatic heterocycles. The minimum Gasteiger partial charge on any atom is -0.0890 e. The zero-order valence-electron chi connectivity index (χ0n) is 8.26. The van der Waals surface area contributed by atoms with E-state index in [9.17, 15) is 0 Å². The summed E-state index contributed by atoms with van der Waals surface area (Å²) in [7, 11) is 0. The highest BCUT2D eigenvalue weighted by molar-refractivity contribution is 9.09. The van der Waals surface area contributed by atoms with Crippen LogP contribution in [0.5, 0.6) is 0 Å². The molecule has 1 aliphatic carbocycles. The van der Waals surface area contributed by atoms with Gasteiger partial charge in [-0.3, -0.25) is 0 Å². The van der Waals surface area contributed by atoms with Crippen LogP contribution in [0.2, 0.25) is 5.02 Å². The molecular formula is C12H14BrCl. The zero-order valence-corrected chi connectivity index (χ0v) is 10.6. The molecule has 76 valence electrons. The SMILES string of the molecule is Cc1ccc(Cl)c(C2CCC(Br)C2)c1. The van der Waals surface area contributed by atoms with E-state index in [1.807, 2.05) is 6.07 Å². The topological polar surface area (TPSA) is 0 Å². The van der Waals surface area contributed by atoms with E-state index < -0.39 is 0 Å². The maximum absolute atomic E-state index is 6.21. The van der Waals surface area contributed by atoms with Gasteiger partial charge >= 0.3 is 0 Å². The molecule has 0 aliphatic heterocycles. The Labute approximate surface area is 98.8 Å². The van der Waals surface area contributed by atoms with Crippen LogP contribution in [0.25, 0.3) is 0 Å². The molecule has 1 aromatic rings. The first-order chi connectivity index (χ1) is 6.66. The molecule has 2 unspecified atom stereocenters. The number of aryl methyl sites for hydroxylation is 1. The quantitative estimate of drug-likeness (QED) is 0.652. The summed E-state index contributed by atoms with van der Waals surface area (Å²) >= 11 is 9.88. The lowest BCUT2D eigenvalue weighted by atomic mass is 9.96. The van der Waals surface area contributed by atoms with Crippen molar-refractivity contribution >= 4 is 27.5 Å². The highest BCUT2D eigenvalue weighted by atomic mass is 79.9. The summed E-state index contributed by atoms with van der Waals surface area (Å²) < 4.78 is 0. The summed E-state index contributed by atoms with van der Waals surface area (Å²) in [5.74, 6) is 0.659. The van der Waals surface area contributed by atoms with Crippen molar-refractivity contribution in [1.29, 1.82) is 0 Å². The maximum atomic E-state index is 6.21. The normalized spacial score (nSPS) is 26.8. The Morgan fingerprint density at radius 3 is 2.79 bits per heavy atom. The molecule has 14 heavy (non-hydrogen) atoms. The summed E-state index contributed by atoms with van der Waals surface area (Å²) in [6.07, 6.45) is 3.76. The Balaban J connectivity index is 2.27. The Morgan fingerprint density at radius 1 is 1.36 bits per heavy atom. The lowest BCUT2D eigenvalue weighted by Crippen LogP contribution is -1.96. The molecule has 0 spiro atoms. The van der Waals surface area contributed by atoms with Crippen LogP contribution in [-0.2, 0) is 0 Å². The van der Waals surface area contributed by atoms with Crippen molar-refractivity contribution in [3.05, 3.63) is 34.3 Å². The van der Waals surface area contributed by atoms with Gasteiger partial charge < -0.3 is 0 Å². The van der Waals surface area contributed by atoms with E-state index in [1.54, 1.807) is 0 Å². The molecule has 0 N–H and O–H groups in total. The zero-order chi connectivity index (χ0) is 10.1. The van der Waals surface area contributed by atoms with Gasteiger partial charge in [0.25, 0.3) is 0 Å². The summed E-state index contributed by atoms with van der Waals surface area (Å²) in [6.45, 7) is 2.13. The number of benzene rings is 1. The second-order valence-corrected chi connectivity index (χ2v) is 5.83. The molecule has 1 aliphatic rings. The smallest absolute Gasteiger partial charge is 0.0441 e. The first-order valence-electron chi connectivity index (χ1n) is 5.07. The van der Waals surface area contributed by atoms with Gasteiger partial charge in [-0.15, -0.1) is 0 Å². The molecule has 0 bridgehead atoms. The van der Waals surface area contributed by atoms with Gasteiger partial charge in [0, 0.05) is 9.85 Å². The van der Waals surface area contributed by atoms with Crippen molar-refractivity contribution in [3.63, 3.8) is 0 Å². The van der Waals surface area contributed by atoms with Crippen molar-refractivity contribution in [2.24, 2.45) is 0 Å². The van der Waals surface area contributed by atoms with Crippen molar-refractivity contribution in [2.45, 2.75) is 36.9 Å². The van der Waals surface area contributed by atoms with E-state index in [0.29, 0.717) is 10.7 Å². The average Bonchev–Trinajstić information content (AvgIpc) is 2.56. The third-order valence-electron chi connectivity index (χ3n) is 2.96. The third-order valence-corrected chi connectivity index (χ3v) is 4.14. The highest BCUT2D eigenvalue weighted by Gasteiger charge is 2.25. The van der Waals surface area contributed by atoms with Crippen LogP contribution in [0.3, 0.4) is 0 Å². The van der Waals surface area contributed by atoms with Gasteiger partial charge in [-0.1, -0.05) is 45.2 Å². The van der Waals surface area contributed by atoms with Gasteiger partial charge in [-0.25, -0.2) is 0 Å². The van der Waals surface area contributed by atoms with E-state index in [1.165, 1.54) is 30.4 Å². The van der Waals surface area contributed by atoms with Crippen molar-refractivity contribution in [2.75, 3.05) is 0 Å². The molecule has 2 atom stereocenters. The van der Waals surface area contributed by atoms with Gasteiger partial charge in [0.15, 0.2) is 0 Å². The molecular weight excluding hydrogens is 259 g/mol. The van der Waals surface area contributed by atoms with Crippen LogP contribution in [0.4, 0.5) is 0 Å². The molecule has 0 nitrogen and oxygen atoms in total. The number of rotatable bonds is 1. The number of alkyl halides is 1. The lowest BCUT2D eigenvalue weighted by Gasteiger charge is -2.12. The number of halogens is 2. The molecule has 1 saturated carbocycles. The van der Waals surface area contributed by atoms with Crippen molar-refractivity contribution in [3.8, 4) is 0 Å². The predicted octanol–water partition coefficient (Wildman–Crippen LogP) is 4.68. The number of hydrogen-bond acceptors (Lipinski definition) is 0. The fourth-order valence-corrected chi connectivity index (χ4v) is 3.17. The fourth-order valence-electron chi connectivity index (χ4n) is 2.18. The molecule has 2 rings (SSSR count). The molecule has 2 heteroatoms. The highest BCUT2D eigenvalue weighted by Crippen LogP contribution is 2.40. The fraction of sp³-hybridized carbons (Fsp3) is 0.500.